The third kappa shape index (κ3) is 7.73. The molecule has 0 amide bonds. The fourth-order valence-electron chi connectivity index (χ4n) is 1.10. The molecule has 4 nitrogen and oxygen atoms in total. The Labute approximate surface area is 92.6 Å². The lowest BCUT2D eigenvalue weighted by Crippen LogP contribution is -2.38. The molecule has 3 N–H and O–H groups in total. The first-order valence-corrected chi connectivity index (χ1v) is 5.68. The minimum absolute atomic E-state index is 0.00281. The molecule has 0 aliphatic carbocycles. The van der Waals surface area contributed by atoms with Gasteiger partial charge >= 0.3 is 0 Å². The van der Waals surface area contributed by atoms with Gasteiger partial charge in [-0.2, -0.15) is 0 Å². The van der Waals surface area contributed by atoms with Gasteiger partial charge in [0.05, 0.1) is 13.2 Å². The number of rotatable bonds is 10. The number of ether oxygens (including phenoxy) is 1. The van der Waals surface area contributed by atoms with Crippen LogP contribution in [0.3, 0.4) is 0 Å². The number of hydrogen-bond donors (Lipinski definition) is 3. The van der Waals surface area contributed by atoms with Crippen molar-refractivity contribution in [3.8, 4) is 0 Å². The summed E-state index contributed by atoms with van der Waals surface area (Å²) in [5.74, 6) is 0. The van der Waals surface area contributed by atoms with E-state index < -0.39 is 5.41 Å². The molecule has 4 heteroatoms. The molecule has 0 radical (unpaired) electrons. The van der Waals surface area contributed by atoms with Crippen LogP contribution in [0.1, 0.15) is 26.7 Å². The van der Waals surface area contributed by atoms with Gasteiger partial charge in [0.25, 0.3) is 0 Å². The Morgan fingerprint density at radius 3 is 2.40 bits per heavy atom. The maximum atomic E-state index is 9.03. The van der Waals surface area contributed by atoms with E-state index in [0.717, 1.165) is 32.6 Å². The van der Waals surface area contributed by atoms with Gasteiger partial charge in [0.1, 0.15) is 0 Å². The van der Waals surface area contributed by atoms with Gasteiger partial charge in [-0.15, -0.1) is 0 Å². The Morgan fingerprint density at radius 2 is 1.87 bits per heavy atom. The van der Waals surface area contributed by atoms with Crippen LogP contribution in [0.2, 0.25) is 0 Å². The van der Waals surface area contributed by atoms with Crippen molar-refractivity contribution in [3.05, 3.63) is 0 Å². The first kappa shape index (κ1) is 14.8. The largest absolute Gasteiger partial charge is 0.396 e. The molecular weight excluding hydrogens is 194 g/mol. The summed E-state index contributed by atoms with van der Waals surface area (Å²) < 4.78 is 5.33. The van der Waals surface area contributed by atoms with Crippen molar-refractivity contribution in [1.29, 1.82) is 0 Å². The first-order valence-electron chi connectivity index (χ1n) is 5.68. The molecular formula is C11H25NO3. The zero-order valence-electron chi connectivity index (χ0n) is 9.96. The molecule has 0 aromatic carbocycles. The lowest BCUT2D eigenvalue weighted by Gasteiger charge is -2.24. The van der Waals surface area contributed by atoms with E-state index in [4.69, 9.17) is 14.9 Å². The summed E-state index contributed by atoms with van der Waals surface area (Å²) in [5.41, 5.74) is -0.412. The van der Waals surface area contributed by atoms with E-state index in [1.54, 1.807) is 0 Å². The molecule has 0 bridgehead atoms. The van der Waals surface area contributed by atoms with E-state index in [0.29, 0.717) is 6.54 Å². The summed E-state index contributed by atoms with van der Waals surface area (Å²) in [6, 6.07) is 0. The van der Waals surface area contributed by atoms with Crippen molar-refractivity contribution < 1.29 is 14.9 Å². The molecule has 0 heterocycles. The van der Waals surface area contributed by atoms with Gasteiger partial charge < -0.3 is 20.3 Å². The molecule has 0 aromatic rings. The van der Waals surface area contributed by atoms with Crippen molar-refractivity contribution >= 4 is 0 Å². The van der Waals surface area contributed by atoms with Crippen LogP contribution < -0.4 is 5.32 Å². The lowest BCUT2D eigenvalue weighted by atomic mass is 9.93. The van der Waals surface area contributed by atoms with Crippen LogP contribution in [-0.4, -0.2) is 49.7 Å². The number of aliphatic hydroxyl groups is 2. The van der Waals surface area contributed by atoms with Gasteiger partial charge in [0, 0.05) is 25.2 Å². The van der Waals surface area contributed by atoms with E-state index in [9.17, 15) is 0 Å². The van der Waals surface area contributed by atoms with Gasteiger partial charge in [-0.1, -0.05) is 13.8 Å². The summed E-state index contributed by atoms with van der Waals surface area (Å²) >= 11 is 0. The smallest absolute Gasteiger partial charge is 0.0518 e. The normalized spacial score (nSPS) is 12.0. The minimum Gasteiger partial charge on any atom is -0.396 e. The molecule has 0 rings (SSSR count). The van der Waals surface area contributed by atoms with Gasteiger partial charge in [-0.3, -0.25) is 0 Å². The molecule has 0 atom stereocenters. The average Bonchev–Trinajstić information content (AvgIpc) is 2.27. The molecule has 0 aromatic heterocycles. The second kappa shape index (κ2) is 9.09. The minimum atomic E-state index is -0.412. The van der Waals surface area contributed by atoms with Crippen LogP contribution in [0, 0.1) is 5.41 Å². The summed E-state index contributed by atoms with van der Waals surface area (Å²) in [6.07, 6.45) is 2.02. The van der Waals surface area contributed by atoms with Gasteiger partial charge in [-0.25, -0.2) is 0 Å². The average molecular weight is 219 g/mol. The second-order valence-electron chi connectivity index (χ2n) is 4.27. The van der Waals surface area contributed by atoms with E-state index in [1.165, 1.54) is 0 Å². The zero-order valence-corrected chi connectivity index (χ0v) is 9.96. The molecule has 0 aliphatic heterocycles. The van der Waals surface area contributed by atoms with Crippen LogP contribution >= 0.6 is 0 Å². The maximum Gasteiger partial charge on any atom is 0.0518 e. The lowest BCUT2D eigenvalue weighted by molar-refractivity contribution is 0.0688. The van der Waals surface area contributed by atoms with Crippen LogP contribution in [0.15, 0.2) is 0 Å². The topological polar surface area (TPSA) is 61.7 Å². The second-order valence-corrected chi connectivity index (χ2v) is 4.27. The highest BCUT2D eigenvalue weighted by molar-refractivity contribution is 4.74. The SMILES string of the molecule is CCCOCCCNCC(C)(CO)CO. The first-order chi connectivity index (χ1) is 7.18. The predicted molar refractivity (Wildman–Crippen MR) is 60.9 cm³/mol. The zero-order chi connectivity index (χ0) is 11.6. The van der Waals surface area contributed by atoms with E-state index >= 15 is 0 Å². The third-order valence-corrected chi connectivity index (χ3v) is 2.31. The molecule has 0 spiro atoms. The fourth-order valence-corrected chi connectivity index (χ4v) is 1.10. The summed E-state index contributed by atoms with van der Waals surface area (Å²) in [4.78, 5) is 0. The van der Waals surface area contributed by atoms with Crippen molar-refractivity contribution in [1.82, 2.24) is 5.32 Å². The van der Waals surface area contributed by atoms with Crippen LogP contribution in [0.4, 0.5) is 0 Å². The van der Waals surface area contributed by atoms with Crippen molar-refractivity contribution in [2.24, 2.45) is 5.41 Å². The number of aliphatic hydroxyl groups excluding tert-OH is 2. The third-order valence-electron chi connectivity index (χ3n) is 2.31. The fraction of sp³-hybridized carbons (Fsp3) is 1.00. The van der Waals surface area contributed by atoms with E-state index in [1.807, 2.05) is 6.92 Å². The highest BCUT2D eigenvalue weighted by Crippen LogP contribution is 2.11. The molecule has 92 valence electrons. The molecule has 0 aliphatic rings. The van der Waals surface area contributed by atoms with E-state index in [2.05, 4.69) is 12.2 Å². The van der Waals surface area contributed by atoms with Crippen LogP contribution in [0.25, 0.3) is 0 Å². The van der Waals surface area contributed by atoms with Gasteiger partial charge in [-0.05, 0) is 19.4 Å². The number of nitrogens with one attached hydrogen (secondary N) is 1. The van der Waals surface area contributed by atoms with Crippen molar-refractivity contribution in [2.45, 2.75) is 26.7 Å². The predicted octanol–water partition coefficient (Wildman–Crippen LogP) is 0.384. The molecule has 0 saturated carbocycles. The van der Waals surface area contributed by atoms with Crippen LogP contribution in [-0.2, 0) is 4.74 Å². The highest BCUT2D eigenvalue weighted by atomic mass is 16.5. The molecule has 0 unspecified atom stereocenters. The standard InChI is InChI=1S/C11H25NO3/c1-3-6-15-7-4-5-12-8-11(2,9-13)10-14/h12-14H,3-10H2,1-2H3. The van der Waals surface area contributed by atoms with Crippen molar-refractivity contribution in [3.63, 3.8) is 0 Å². The summed E-state index contributed by atoms with van der Waals surface area (Å²) in [6.45, 7) is 7.04. The molecule has 0 saturated heterocycles. The van der Waals surface area contributed by atoms with Crippen LogP contribution in [0.5, 0.6) is 0 Å². The Bertz CT molecular complexity index is 138. The highest BCUT2D eigenvalue weighted by Gasteiger charge is 2.21. The Hall–Kier alpha value is -0.160. The van der Waals surface area contributed by atoms with Gasteiger partial charge in [0.2, 0.25) is 0 Å². The monoisotopic (exact) mass is 219 g/mol. The molecule has 15 heavy (non-hydrogen) atoms. The summed E-state index contributed by atoms with van der Waals surface area (Å²) in [7, 11) is 0. The Morgan fingerprint density at radius 1 is 1.20 bits per heavy atom. The Kier molecular flexibility index (Phi) is 9.00. The Balaban J connectivity index is 3.29. The maximum absolute atomic E-state index is 9.03. The van der Waals surface area contributed by atoms with Gasteiger partial charge in [0.15, 0.2) is 0 Å². The van der Waals surface area contributed by atoms with Crippen molar-refractivity contribution in [2.75, 3.05) is 39.5 Å². The number of hydrogen-bond acceptors (Lipinski definition) is 4. The quantitative estimate of drug-likeness (QED) is 0.465. The molecule has 0 fully saturated rings. The van der Waals surface area contributed by atoms with E-state index in [-0.39, 0.29) is 13.2 Å². The summed E-state index contributed by atoms with van der Waals surface area (Å²) in [5, 5.41) is 21.3.